The molecule has 0 atom stereocenters. The minimum Gasteiger partial charge on any atom is -0.184 e. The highest BCUT2D eigenvalue weighted by Gasteiger charge is 2.20. The molecule has 0 unspecified atom stereocenters. The van der Waals surface area contributed by atoms with Crippen LogP contribution < -0.4 is 10.6 Å². The number of hydrogen-bond donors (Lipinski definition) is 0. The Balaban J connectivity index is 2.59. The van der Waals surface area contributed by atoms with Crippen molar-refractivity contribution in [2.24, 2.45) is 0 Å². The smallest absolute Gasteiger partial charge is 0.184 e. The summed E-state index contributed by atoms with van der Waals surface area (Å²) in [5, 5.41) is 2.17. The lowest BCUT2D eigenvalue weighted by atomic mass is 10.4. The van der Waals surface area contributed by atoms with Crippen LogP contribution in [0.5, 0.6) is 0 Å². The molecule has 0 radical (unpaired) electrons. The first-order valence-corrected chi connectivity index (χ1v) is 9.01. The second kappa shape index (κ2) is 7.37. The second-order valence-corrected chi connectivity index (χ2v) is 7.89. The molecule has 2 aromatic carbocycles. The van der Waals surface area contributed by atoms with Gasteiger partial charge in [-0.3, -0.25) is 0 Å². The number of benzene rings is 2. The van der Waals surface area contributed by atoms with Gasteiger partial charge in [0.15, 0.2) is 0 Å². The van der Waals surface area contributed by atoms with Crippen molar-refractivity contribution in [3.8, 4) is 0 Å². The molecule has 2 nitrogen and oxygen atoms in total. The van der Waals surface area contributed by atoms with Crippen LogP contribution in [0.25, 0.3) is 0 Å². The van der Waals surface area contributed by atoms with Gasteiger partial charge in [-0.05, 0) is 25.0 Å². The molecule has 0 N–H and O–H groups in total. The van der Waals surface area contributed by atoms with Gasteiger partial charge in [0.05, 0.1) is 4.61 Å². The minimum absolute atomic E-state index is 0.617. The summed E-state index contributed by atoms with van der Waals surface area (Å²) in [5.41, 5.74) is 0. The van der Waals surface area contributed by atoms with Crippen LogP contribution in [-0.4, -0.2) is 13.0 Å². The molecule has 0 aliphatic carbocycles. The van der Waals surface area contributed by atoms with Gasteiger partial charge in [-0.1, -0.05) is 74.0 Å². The zero-order valence-electron chi connectivity index (χ0n) is 11.4. The van der Waals surface area contributed by atoms with Gasteiger partial charge in [0, 0.05) is 0 Å². The standard InChI is InChI=1S/C16H17O2PS/c1-2-9-16(20(17)18)19(14-10-5-3-6-11-14)15-12-7-4-8-13-15/h3-8,10-13H,2,9H2,1H3. The molecule has 0 amide bonds. The molecule has 20 heavy (non-hydrogen) atoms. The number of hydrogen-bond acceptors (Lipinski definition) is 2. The van der Waals surface area contributed by atoms with Crippen LogP contribution in [0.15, 0.2) is 60.7 Å². The molecular formula is C16H17O2PS. The second-order valence-electron chi connectivity index (χ2n) is 4.38. The Morgan fingerprint density at radius 2 is 1.35 bits per heavy atom. The van der Waals surface area contributed by atoms with Gasteiger partial charge in [-0.15, -0.1) is 0 Å². The van der Waals surface area contributed by atoms with Gasteiger partial charge in [-0.2, -0.15) is 8.42 Å². The lowest BCUT2D eigenvalue weighted by Gasteiger charge is -2.18. The summed E-state index contributed by atoms with van der Waals surface area (Å²) in [6.45, 7) is 2.01. The first-order chi connectivity index (χ1) is 9.74. The quantitative estimate of drug-likeness (QED) is 0.629. The summed E-state index contributed by atoms with van der Waals surface area (Å²) in [7, 11) is -3.09. The van der Waals surface area contributed by atoms with Crippen molar-refractivity contribution in [3.05, 3.63) is 60.7 Å². The van der Waals surface area contributed by atoms with Crippen molar-refractivity contribution >= 4 is 33.4 Å². The predicted molar refractivity (Wildman–Crippen MR) is 87.9 cm³/mol. The first-order valence-electron chi connectivity index (χ1n) is 6.59. The van der Waals surface area contributed by atoms with E-state index in [9.17, 15) is 8.42 Å². The summed E-state index contributed by atoms with van der Waals surface area (Å²) in [5.74, 6) is 0. The largest absolute Gasteiger partial charge is 0.218 e. The average Bonchev–Trinajstić information content (AvgIpc) is 2.49. The third-order valence-corrected chi connectivity index (χ3v) is 6.87. The summed E-state index contributed by atoms with van der Waals surface area (Å²) in [4.78, 5) is 0. The SMILES string of the molecule is CCCC(P(c1ccccc1)c1ccccc1)=S(=O)=O. The molecule has 0 fully saturated rings. The van der Waals surface area contributed by atoms with Crippen LogP contribution in [0.4, 0.5) is 0 Å². The van der Waals surface area contributed by atoms with E-state index in [2.05, 4.69) is 0 Å². The van der Waals surface area contributed by atoms with Crippen molar-refractivity contribution in [1.82, 2.24) is 0 Å². The Hall–Kier alpha value is -1.44. The Kier molecular flexibility index (Phi) is 5.51. The molecule has 0 aliphatic heterocycles. The summed E-state index contributed by atoms with van der Waals surface area (Å²) < 4.78 is 23.9. The molecular weight excluding hydrogens is 287 g/mol. The van der Waals surface area contributed by atoms with Gasteiger partial charge >= 0.3 is 0 Å². The van der Waals surface area contributed by atoms with E-state index in [4.69, 9.17) is 0 Å². The fourth-order valence-corrected chi connectivity index (χ4v) is 5.94. The van der Waals surface area contributed by atoms with E-state index in [0.717, 1.165) is 17.0 Å². The Morgan fingerprint density at radius 1 is 0.900 bits per heavy atom. The maximum absolute atomic E-state index is 11.7. The molecule has 0 aromatic heterocycles. The van der Waals surface area contributed by atoms with E-state index in [1.165, 1.54) is 0 Å². The molecule has 4 heteroatoms. The molecule has 104 valence electrons. The lowest BCUT2D eigenvalue weighted by Crippen LogP contribution is -2.18. The molecule has 2 aromatic rings. The van der Waals surface area contributed by atoms with Crippen LogP contribution >= 0.6 is 7.92 Å². The molecule has 0 spiro atoms. The lowest BCUT2D eigenvalue weighted by molar-refractivity contribution is 0.627. The molecule has 0 heterocycles. The fraction of sp³-hybridized carbons (Fsp3) is 0.188. The van der Waals surface area contributed by atoms with E-state index in [1.54, 1.807) is 0 Å². The minimum atomic E-state index is -2.14. The highest BCUT2D eigenvalue weighted by molar-refractivity contribution is 8.01. The summed E-state index contributed by atoms with van der Waals surface area (Å²) in [6, 6.07) is 19.8. The third-order valence-electron chi connectivity index (χ3n) is 2.93. The van der Waals surface area contributed by atoms with E-state index < -0.39 is 18.2 Å². The summed E-state index contributed by atoms with van der Waals surface area (Å²) >= 11 is 0. The van der Waals surface area contributed by atoms with Gasteiger partial charge in [-0.25, -0.2) is 0 Å². The highest BCUT2D eigenvalue weighted by Crippen LogP contribution is 2.36. The van der Waals surface area contributed by atoms with Crippen LogP contribution in [0.1, 0.15) is 19.8 Å². The van der Waals surface area contributed by atoms with Gasteiger partial charge < -0.3 is 0 Å². The molecule has 0 aliphatic rings. The Morgan fingerprint density at radius 3 is 1.70 bits per heavy atom. The zero-order valence-corrected chi connectivity index (χ0v) is 13.1. The van der Waals surface area contributed by atoms with E-state index in [-0.39, 0.29) is 0 Å². The fourth-order valence-electron chi connectivity index (χ4n) is 2.07. The summed E-state index contributed by atoms with van der Waals surface area (Å²) in [6.07, 6.45) is 1.45. The van der Waals surface area contributed by atoms with E-state index in [0.29, 0.717) is 11.0 Å². The van der Waals surface area contributed by atoms with Crippen LogP contribution in [-0.2, 0) is 10.3 Å². The van der Waals surface area contributed by atoms with Crippen LogP contribution in [0.3, 0.4) is 0 Å². The van der Waals surface area contributed by atoms with Crippen molar-refractivity contribution in [1.29, 1.82) is 0 Å². The van der Waals surface area contributed by atoms with Crippen molar-refractivity contribution in [2.75, 3.05) is 0 Å². The Labute approximate surface area is 122 Å². The van der Waals surface area contributed by atoms with Gasteiger partial charge in [0.25, 0.3) is 0 Å². The van der Waals surface area contributed by atoms with Crippen molar-refractivity contribution < 1.29 is 8.42 Å². The van der Waals surface area contributed by atoms with Gasteiger partial charge in [0.2, 0.25) is 10.3 Å². The average molecular weight is 304 g/mol. The van der Waals surface area contributed by atoms with E-state index in [1.807, 2.05) is 67.6 Å². The maximum Gasteiger partial charge on any atom is 0.218 e. The Bertz CT molecular complexity index is 631. The number of rotatable bonds is 5. The molecule has 2 rings (SSSR count). The van der Waals surface area contributed by atoms with Crippen LogP contribution in [0.2, 0.25) is 0 Å². The molecule has 0 saturated heterocycles. The predicted octanol–water partition coefficient (Wildman–Crippen LogP) is 2.93. The third kappa shape index (κ3) is 3.56. The van der Waals surface area contributed by atoms with E-state index >= 15 is 0 Å². The normalized spacial score (nSPS) is 10.5. The zero-order chi connectivity index (χ0) is 14.4. The molecule has 0 saturated carbocycles. The highest BCUT2D eigenvalue weighted by atomic mass is 32.2. The molecule has 0 bridgehead atoms. The maximum atomic E-state index is 11.7. The van der Waals surface area contributed by atoms with Gasteiger partial charge in [0.1, 0.15) is 0 Å². The topological polar surface area (TPSA) is 34.1 Å². The first kappa shape index (κ1) is 15.0. The van der Waals surface area contributed by atoms with Crippen LogP contribution in [0, 0.1) is 0 Å². The monoisotopic (exact) mass is 304 g/mol. The van der Waals surface area contributed by atoms with Crippen molar-refractivity contribution in [2.45, 2.75) is 19.8 Å². The van der Waals surface area contributed by atoms with Crippen molar-refractivity contribution in [3.63, 3.8) is 0 Å².